The normalized spacial score (nSPS) is 23.8. The number of piperidine rings is 1. The van der Waals surface area contributed by atoms with Gasteiger partial charge in [-0.1, -0.05) is 18.2 Å². The fourth-order valence-corrected chi connectivity index (χ4v) is 4.52. The highest BCUT2D eigenvalue weighted by Gasteiger charge is 2.61. The van der Waals surface area contributed by atoms with Crippen LogP contribution in [0, 0.1) is 17.8 Å². The molecule has 1 saturated carbocycles. The zero-order chi connectivity index (χ0) is 21.1. The van der Waals surface area contributed by atoms with E-state index in [9.17, 15) is 9.59 Å². The minimum absolute atomic E-state index is 0.0389. The van der Waals surface area contributed by atoms with Gasteiger partial charge in [0, 0.05) is 31.4 Å². The van der Waals surface area contributed by atoms with Gasteiger partial charge in [-0.3, -0.25) is 9.48 Å². The summed E-state index contributed by atoms with van der Waals surface area (Å²) in [5, 5.41) is 8.92. The van der Waals surface area contributed by atoms with Crippen molar-refractivity contribution >= 4 is 22.9 Å². The number of hydrogen-bond donors (Lipinski definition) is 1. The van der Waals surface area contributed by atoms with Crippen molar-refractivity contribution in [3.05, 3.63) is 30.0 Å². The van der Waals surface area contributed by atoms with Gasteiger partial charge in [-0.15, -0.1) is 0 Å². The number of carbonyl (C=O) groups excluding carboxylic acids is 2. The van der Waals surface area contributed by atoms with E-state index in [4.69, 9.17) is 4.74 Å². The number of amides is 2. The number of ether oxygens (including phenoxy) is 1. The molecule has 1 aliphatic heterocycles. The molecule has 1 aromatic heterocycles. The summed E-state index contributed by atoms with van der Waals surface area (Å²) in [5.41, 5.74) is 0.821. The van der Waals surface area contributed by atoms with Crippen molar-refractivity contribution in [1.82, 2.24) is 20.0 Å². The molecule has 1 aliphatic carbocycles. The molecular weight excluding hydrogens is 368 g/mol. The van der Waals surface area contributed by atoms with Gasteiger partial charge < -0.3 is 15.0 Å². The van der Waals surface area contributed by atoms with Crippen LogP contribution in [0.2, 0.25) is 0 Å². The first-order valence-electron chi connectivity index (χ1n) is 10.2. The van der Waals surface area contributed by atoms with Crippen LogP contribution in [0.4, 0.5) is 4.79 Å². The third-order valence-corrected chi connectivity index (χ3v) is 5.93. The number of fused-ring (bicyclic) bond motifs is 2. The molecule has 156 valence electrons. The van der Waals surface area contributed by atoms with Crippen LogP contribution in [-0.4, -0.2) is 45.4 Å². The molecule has 2 aliphatic rings. The lowest BCUT2D eigenvalue weighted by molar-refractivity contribution is -0.125. The molecule has 4 rings (SSSR count). The lowest BCUT2D eigenvalue weighted by Crippen LogP contribution is -2.44. The van der Waals surface area contributed by atoms with Crippen LogP contribution in [-0.2, 0) is 22.1 Å². The van der Waals surface area contributed by atoms with Crippen molar-refractivity contribution < 1.29 is 14.3 Å². The summed E-state index contributed by atoms with van der Waals surface area (Å²) in [7, 11) is 1.92. The Morgan fingerprint density at radius 1 is 1.10 bits per heavy atom. The Balaban J connectivity index is 1.41. The largest absolute Gasteiger partial charge is 0.444 e. The molecule has 3 atom stereocenters. The second kappa shape index (κ2) is 6.47. The standard InChI is InChI=1S/C22H30N4O3/c1-21(2,3)29-20(28)26-11-14-15(12-26)17(14)19(27)23-22(4,5)18-13-9-7-8-10-16(13)25(6)24-18/h7-10,14-15,17H,11-12H2,1-6H3,(H,23,27)/t14-,15+,17+. The van der Waals surface area contributed by atoms with E-state index in [1.165, 1.54) is 0 Å². The highest BCUT2D eigenvalue weighted by molar-refractivity contribution is 5.86. The molecule has 0 unspecified atom stereocenters. The van der Waals surface area contributed by atoms with Crippen LogP contribution in [0.5, 0.6) is 0 Å². The van der Waals surface area contributed by atoms with E-state index in [0.717, 1.165) is 16.6 Å². The first-order valence-corrected chi connectivity index (χ1v) is 10.2. The molecule has 1 N–H and O–H groups in total. The summed E-state index contributed by atoms with van der Waals surface area (Å²) in [6.07, 6.45) is -0.288. The molecule has 2 aromatic rings. The Kier molecular flexibility index (Phi) is 4.40. The molecule has 0 bridgehead atoms. The number of aryl methyl sites for hydroxylation is 1. The maximum Gasteiger partial charge on any atom is 0.410 e. The zero-order valence-corrected chi connectivity index (χ0v) is 18.0. The molecular formula is C22H30N4O3. The Hall–Kier alpha value is -2.57. The third-order valence-electron chi connectivity index (χ3n) is 5.93. The molecule has 2 fully saturated rings. The molecule has 2 amide bonds. The minimum atomic E-state index is -0.584. The van der Waals surface area contributed by atoms with E-state index in [0.29, 0.717) is 13.1 Å². The maximum atomic E-state index is 13.0. The van der Waals surface area contributed by atoms with Gasteiger partial charge in [-0.25, -0.2) is 4.79 Å². The molecule has 1 aromatic carbocycles. The monoisotopic (exact) mass is 398 g/mol. The van der Waals surface area contributed by atoms with E-state index in [1.54, 1.807) is 4.90 Å². The van der Waals surface area contributed by atoms with Crippen LogP contribution in [0.15, 0.2) is 24.3 Å². The number of rotatable bonds is 3. The minimum Gasteiger partial charge on any atom is -0.444 e. The van der Waals surface area contributed by atoms with Crippen LogP contribution < -0.4 is 5.32 Å². The van der Waals surface area contributed by atoms with Gasteiger partial charge in [-0.05, 0) is 52.5 Å². The molecule has 2 heterocycles. The van der Waals surface area contributed by atoms with E-state index in [-0.39, 0.29) is 29.8 Å². The number of aromatic nitrogens is 2. The van der Waals surface area contributed by atoms with Crippen molar-refractivity contribution in [1.29, 1.82) is 0 Å². The summed E-state index contributed by atoms with van der Waals surface area (Å²) >= 11 is 0. The second-order valence-corrected chi connectivity index (χ2v) is 9.84. The summed E-state index contributed by atoms with van der Waals surface area (Å²) in [5.74, 6) is 0.448. The number of nitrogens with zero attached hydrogens (tertiary/aromatic N) is 3. The highest BCUT2D eigenvalue weighted by Crippen LogP contribution is 2.52. The average Bonchev–Trinajstić information content (AvgIpc) is 2.95. The molecule has 7 nitrogen and oxygen atoms in total. The predicted octanol–water partition coefficient (Wildman–Crippen LogP) is 3.04. The Labute approximate surface area is 171 Å². The molecule has 1 saturated heterocycles. The van der Waals surface area contributed by atoms with Crippen LogP contribution in [0.1, 0.15) is 40.3 Å². The molecule has 0 spiro atoms. The molecule has 7 heteroatoms. The number of benzene rings is 1. The lowest BCUT2D eigenvalue weighted by Gasteiger charge is -2.27. The fraction of sp³-hybridized carbons (Fsp3) is 0.591. The van der Waals surface area contributed by atoms with Crippen molar-refractivity contribution in [2.45, 2.75) is 45.8 Å². The number of hydrogen-bond acceptors (Lipinski definition) is 4. The maximum absolute atomic E-state index is 13.0. The molecule has 29 heavy (non-hydrogen) atoms. The second-order valence-electron chi connectivity index (χ2n) is 9.84. The van der Waals surface area contributed by atoms with E-state index in [1.807, 2.05) is 70.6 Å². The van der Waals surface area contributed by atoms with Gasteiger partial charge in [0.1, 0.15) is 5.60 Å². The quantitative estimate of drug-likeness (QED) is 0.862. The third kappa shape index (κ3) is 3.58. The van der Waals surface area contributed by atoms with Gasteiger partial charge in [-0.2, -0.15) is 5.10 Å². The molecule has 0 radical (unpaired) electrons. The zero-order valence-electron chi connectivity index (χ0n) is 18.0. The summed E-state index contributed by atoms with van der Waals surface area (Å²) < 4.78 is 7.29. The fourth-order valence-electron chi connectivity index (χ4n) is 4.52. The number of likely N-dealkylation sites (tertiary alicyclic amines) is 1. The SMILES string of the molecule is Cn1nc(C(C)(C)NC(=O)[C@H]2[C@@H]3CN(C(=O)OC(C)(C)C)C[C@@H]32)c2ccccc21. The number of carbonyl (C=O) groups is 2. The first kappa shape index (κ1) is 19.7. The lowest BCUT2D eigenvalue weighted by atomic mass is 9.96. The van der Waals surface area contributed by atoms with Gasteiger partial charge in [0.15, 0.2) is 0 Å². The smallest absolute Gasteiger partial charge is 0.410 e. The Morgan fingerprint density at radius 3 is 2.34 bits per heavy atom. The van der Waals surface area contributed by atoms with Crippen LogP contribution in [0.25, 0.3) is 10.9 Å². The number of para-hydroxylation sites is 1. The first-order chi connectivity index (χ1) is 13.5. The Morgan fingerprint density at radius 2 is 1.72 bits per heavy atom. The van der Waals surface area contributed by atoms with Gasteiger partial charge in [0.05, 0.1) is 16.7 Å². The van der Waals surface area contributed by atoms with Crippen molar-refractivity contribution in [2.24, 2.45) is 24.8 Å². The van der Waals surface area contributed by atoms with Crippen molar-refractivity contribution in [3.8, 4) is 0 Å². The number of nitrogens with one attached hydrogen (secondary N) is 1. The van der Waals surface area contributed by atoms with E-state index >= 15 is 0 Å². The Bertz CT molecular complexity index is 960. The van der Waals surface area contributed by atoms with Gasteiger partial charge >= 0.3 is 6.09 Å². The topological polar surface area (TPSA) is 76.5 Å². The van der Waals surface area contributed by atoms with Gasteiger partial charge in [0.25, 0.3) is 0 Å². The van der Waals surface area contributed by atoms with E-state index in [2.05, 4.69) is 10.4 Å². The highest BCUT2D eigenvalue weighted by atomic mass is 16.6. The van der Waals surface area contributed by atoms with E-state index < -0.39 is 11.1 Å². The summed E-state index contributed by atoms with van der Waals surface area (Å²) in [6, 6.07) is 8.04. The van der Waals surface area contributed by atoms with Gasteiger partial charge in [0.2, 0.25) is 5.91 Å². The van der Waals surface area contributed by atoms with Crippen molar-refractivity contribution in [2.75, 3.05) is 13.1 Å². The van der Waals surface area contributed by atoms with Crippen molar-refractivity contribution in [3.63, 3.8) is 0 Å². The predicted molar refractivity (Wildman–Crippen MR) is 110 cm³/mol. The van der Waals surface area contributed by atoms with Crippen LogP contribution >= 0.6 is 0 Å². The summed E-state index contributed by atoms with van der Waals surface area (Å²) in [6.45, 7) is 10.7. The average molecular weight is 399 g/mol. The summed E-state index contributed by atoms with van der Waals surface area (Å²) in [4.78, 5) is 26.9. The van der Waals surface area contributed by atoms with Crippen LogP contribution in [0.3, 0.4) is 0 Å².